The number of allylic oxidation sites excluding steroid dienone is 1. The zero-order chi connectivity index (χ0) is 17.2. The van der Waals surface area contributed by atoms with Crippen molar-refractivity contribution in [2.75, 3.05) is 0 Å². The number of ether oxygens (including phenoxy) is 2. The van der Waals surface area contributed by atoms with E-state index in [2.05, 4.69) is 18.3 Å². The molecule has 0 heterocycles. The van der Waals surface area contributed by atoms with E-state index in [0.717, 1.165) is 11.1 Å². The maximum atomic E-state index is 12.2. The second-order valence-corrected chi connectivity index (χ2v) is 4.91. The molecule has 0 aliphatic carbocycles. The molecule has 2 aromatic rings. The first-order chi connectivity index (χ1) is 11.7. The zero-order valence-electron chi connectivity index (χ0n) is 13.4. The topological polar surface area (TPSA) is 47.9 Å². The van der Waals surface area contributed by atoms with Gasteiger partial charge in [-0.15, -0.1) is 0 Å². The summed E-state index contributed by atoms with van der Waals surface area (Å²) in [5.41, 5.74) is 1.87. The first-order valence-corrected chi connectivity index (χ1v) is 7.45. The van der Waals surface area contributed by atoms with E-state index in [0.29, 0.717) is 6.61 Å². The van der Waals surface area contributed by atoms with Gasteiger partial charge in [0.05, 0.1) is 0 Å². The van der Waals surface area contributed by atoms with Gasteiger partial charge in [0.1, 0.15) is 13.2 Å². The molecule has 0 atom stereocenters. The van der Waals surface area contributed by atoms with Crippen LogP contribution in [0.25, 0.3) is 0 Å². The van der Waals surface area contributed by atoms with Gasteiger partial charge < -0.3 is 9.47 Å². The van der Waals surface area contributed by atoms with Crippen LogP contribution < -0.4 is 0 Å². The van der Waals surface area contributed by atoms with Gasteiger partial charge in [-0.25, -0.2) is 4.79 Å². The quantitative estimate of drug-likeness (QED) is 0.242. The molecule has 0 amide bonds. The molecule has 2 aromatic carbocycles. The normalized spacial score (nSPS) is 11.2. The van der Waals surface area contributed by atoms with Crippen LogP contribution in [-0.2, 0) is 27.5 Å². The molecule has 0 N–H and O–H groups in total. The molecule has 0 unspecified atom stereocenters. The van der Waals surface area contributed by atoms with Crippen molar-refractivity contribution < 1.29 is 14.3 Å². The Bertz CT molecular complexity index is 721. The minimum Gasteiger partial charge on any atom is -0.486 e. The Balaban J connectivity index is 2.04. The van der Waals surface area contributed by atoms with Crippen molar-refractivity contribution in [1.29, 1.82) is 0 Å². The number of esters is 1. The molecule has 0 fully saturated rings. The van der Waals surface area contributed by atoms with Gasteiger partial charge in [-0.2, -0.15) is 0 Å². The van der Waals surface area contributed by atoms with Crippen molar-refractivity contribution in [2.24, 2.45) is 4.99 Å². The highest BCUT2D eigenvalue weighted by molar-refractivity contribution is 5.89. The van der Waals surface area contributed by atoms with Crippen molar-refractivity contribution >= 4 is 12.7 Å². The Morgan fingerprint density at radius 1 is 0.917 bits per heavy atom. The molecule has 4 nitrogen and oxygen atoms in total. The molecular formula is C20H19NO3. The lowest BCUT2D eigenvalue weighted by molar-refractivity contribution is -0.140. The van der Waals surface area contributed by atoms with E-state index in [1.54, 1.807) is 0 Å². The lowest BCUT2D eigenvalue weighted by Crippen LogP contribution is -2.10. The van der Waals surface area contributed by atoms with Crippen LogP contribution >= 0.6 is 0 Å². The minimum atomic E-state index is -0.600. The van der Waals surface area contributed by atoms with Crippen LogP contribution in [0.5, 0.6) is 0 Å². The molecule has 0 aromatic heterocycles. The van der Waals surface area contributed by atoms with Crippen molar-refractivity contribution in [3.63, 3.8) is 0 Å². The van der Waals surface area contributed by atoms with Crippen molar-refractivity contribution in [3.8, 4) is 0 Å². The SMILES string of the molecule is C=C/C(OCc1ccccc1)=C(\N=C)C(=O)OCc1ccccc1. The summed E-state index contributed by atoms with van der Waals surface area (Å²) in [7, 11) is 0. The number of hydrogen-bond acceptors (Lipinski definition) is 4. The first-order valence-electron chi connectivity index (χ1n) is 7.45. The van der Waals surface area contributed by atoms with Gasteiger partial charge in [0.2, 0.25) is 0 Å². The van der Waals surface area contributed by atoms with Crippen molar-refractivity contribution in [1.82, 2.24) is 0 Å². The van der Waals surface area contributed by atoms with Crippen LogP contribution in [0.2, 0.25) is 0 Å². The smallest absolute Gasteiger partial charge is 0.361 e. The van der Waals surface area contributed by atoms with E-state index in [1.807, 2.05) is 60.7 Å². The van der Waals surface area contributed by atoms with Gasteiger partial charge in [0.15, 0.2) is 11.5 Å². The number of rotatable bonds is 8. The van der Waals surface area contributed by atoms with Crippen molar-refractivity contribution in [2.45, 2.75) is 13.2 Å². The number of carbonyl (C=O) groups is 1. The summed E-state index contributed by atoms with van der Waals surface area (Å²) >= 11 is 0. The molecule has 122 valence electrons. The second kappa shape index (κ2) is 9.10. The Labute approximate surface area is 141 Å². The summed E-state index contributed by atoms with van der Waals surface area (Å²) in [6.07, 6.45) is 1.43. The molecule has 0 saturated carbocycles. The van der Waals surface area contributed by atoms with E-state index in [4.69, 9.17) is 9.47 Å². The predicted molar refractivity (Wildman–Crippen MR) is 94.2 cm³/mol. The lowest BCUT2D eigenvalue weighted by Gasteiger charge is -2.11. The van der Waals surface area contributed by atoms with Gasteiger partial charge in [-0.1, -0.05) is 67.2 Å². The Morgan fingerprint density at radius 2 is 1.42 bits per heavy atom. The van der Waals surface area contributed by atoms with Crippen LogP contribution in [0.3, 0.4) is 0 Å². The van der Waals surface area contributed by atoms with Gasteiger partial charge in [-0.3, -0.25) is 4.99 Å². The van der Waals surface area contributed by atoms with Crippen molar-refractivity contribution in [3.05, 3.63) is 95.9 Å². The minimum absolute atomic E-state index is 0.0110. The maximum Gasteiger partial charge on any atom is 0.361 e. The van der Waals surface area contributed by atoms with Crippen LogP contribution in [0.15, 0.2) is 89.8 Å². The van der Waals surface area contributed by atoms with Crippen LogP contribution in [0.1, 0.15) is 11.1 Å². The van der Waals surface area contributed by atoms with Gasteiger partial charge in [0.25, 0.3) is 0 Å². The third kappa shape index (κ3) is 4.95. The number of carbonyl (C=O) groups excluding carboxylic acids is 1. The molecule has 0 saturated heterocycles. The molecule has 0 spiro atoms. The van der Waals surface area contributed by atoms with Gasteiger partial charge in [-0.05, 0) is 23.9 Å². The average Bonchev–Trinajstić information content (AvgIpc) is 2.65. The highest BCUT2D eigenvalue weighted by Gasteiger charge is 2.16. The van der Waals surface area contributed by atoms with E-state index in [9.17, 15) is 4.79 Å². The molecule has 24 heavy (non-hydrogen) atoms. The fourth-order valence-corrected chi connectivity index (χ4v) is 1.99. The largest absolute Gasteiger partial charge is 0.486 e. The summed E-state index contributed by atoms with van der Waals surface area (Å²) in [6, 6.07) is 19.0. The highest BCUT2D eigenvalue weighted by atomic mass is 16.5. The zero-order valence-corrected chi connectivity index (χ0v) is 13.4. The number of benzene rings is 2. The monoisotopic (exact) mass is 321 g/mol. The first kappa shape index (κ1) is 17.2. The van der Waals surface area contributed by atoms with E-state index in [-0.39, 0.29) is 18.1 Å². The fraction of sp³-hybridized carbons (Fsp3) is 0.100. The van der Waals surface area contributed by atoms with Crippen LogP contribution in [0.4, 0.5) is 0 Å². The Hall–Kier alpha value is -3.14. The molecule has 0 aliphatic rings. The fourth-order valence-electron chi connectivity index (χ4n) is 1.99. The maximum absolute atomic E-state index is 12.2. The summed E-state index contributed by atoms with van der Waals surface area (Å²) in [6.45, 7) is 7.54. The Kier molecular flexibility index (Phi) is 6.53. The van der Waals surface area contributed by atoms with Crippen LogP contribution in [0, 0.1) is 0 Å². The number of hydrogen-bond donors (Lipinski definition) is 0. The number of nitrogens with zero attached hydrogens (tertiary/aromatic N) is 1. The number of aliphatic imine (C=N–C) groups is 1. The molecule has 4 heteroatoms. The summed E-state index contributed by atoms with van der Waals surface area (Å²) in [4.78, 5) is 16.0. The van der Waals surface area contributed by atoms with Gasteiger partial charge >= 0.3 is 5.97 Å². The standard InChI is InChI=1S/C20H19NO3/c1-3-18(23-14-16-10-6-4-7-11-16)19(21-2)20(22)24-15-17-12-8-5-9-13-17/h3-13H,1-2,14-15H2/b19-18+. The molecular weight excluding hydrogens is 302 g/mol. The summed E-state index contributed by atoms with van der Waals surface area (Å²) < 4.78 is 10.9. The predicted octanol–water partition coefficient (Wildman–Crippen LogP) is 4.04. The summed E-state index contributed by atoms with van der Waals surface area (Å²) in [5, 5.41) is 0. The Morgan fingerprint density at radius 3 is 1.88 bits per heavy atom. The second-order valence-electron chi connectivity index (χ2n) is 4.91. The van der Waals surface area contributed by atoms with Crippen LogP contribution in [-0.4, -0.2) is 12.7 Å². The third-order valence-corrected chi connectivity index (χ3v) is 3.22. The molecule has 0 bridgehead atoms. The van der Waals surface area contributed by atoms with E-state index < -0.39 is 5.97 Å². The van der Waals surface area contributed by atoms with Gasteiger partial charge in [0, 0.05) is 0 Å². The molecule has 0 aliphatic heterocycles. The lowest BCUT2D eigenvalue weighted by atomic mass is 10.2. The molecule has 0 radical (unpaired) electrons. The highest BCUT2D eigenvalue weighted by Crippen LogP contribution is 2.15. The summed E-state index contributed by atoms with van der Waals surface area (Å²) in [5.74, 6) is -0.358. The average molecular weight is 321 g/mol. The third-order valence-electron chi connectivity index (χ3n) is 3.22. The molecule has 2 rings (SSSR count). The van der Waals surface area contributed by atoms with E-state index >= 15 is 0 Å². The van der Waals surface area contributed by atoms with E-state index in [1.165, 1.54) is 6.08 Å².